The van der Waals surface area contributed by atoms with Gasteiger partial charge in [0.25, 0.3) is 0 Å². The van der Waals surface area contributed by atoms with Crippen LogP contribution in [0.25, 0.3) is 10.8 Å². The molecule has 0 aliphatic carbocycles. The molecule has 0 amide bonds. The molecule has 0 saturated heterocycles. The van der Waals surface area contributed by atoms with Gasteiger partial charge in [0.05, 0.1) is 13.3 Å². The second kappa shape index (κ2) is 9.16. The Hall–Kier alpha value is -3.50. The second-order valence-corrected chi connectivity index (χ2v) is 6.85. The van der Waals surface area contributed by atoms with Crippen LogP contribution in [0.2, 0.25) is 0 Å². The fourth-order valence-corrected chi connectivity index (χ4v) is 2.89. The highest BCUT2D eigenvalue weighted by Crippen LogP contribution is 2.45. The van der Waals surface area contributed by atoms with Gasteiger partial charge in [-0.05, 0) is 40.1 Å². The zero-order chi connectivity index (χ0) is 24.3. The van der Waals surface area contributed by atoms with Crippen molar-refractivity contribution in [1.82, 2.24) is 5.43 Å². The number of hydrazone groups is 1. The molecule has 3 aromatic rings. The van der Waals surface area contributed by atoms with Crippen LogP contribution in [0.4, 0.5) is 30.7 Å². The number of fused-ring (bicyclic) bond motifs is 1. The van der Waals surface area contributed by atoms with Gasteiger partial charge in [-0.1, -0.05) is 42.5 Å². The molecule has 0 aliphatic rings. The molecule has 4 nitrogen and oxygen atoms in total. The van der Waals surface area contributed by atoms with Gasteiger partial charge in [-0.15, -0.1) is 0 Å². The molecule has 11 heteroatoms. The van der Waals surface area contributed by atoms with E-state index in [1.54, 1.807) is 0 Å². The second-order valence-electron chi connectivity index (χ2n) is 6.85. The van der Waals surface area contributed by atoms with Crippen LogP contribution in [-0.2, 0) is 6.61 Å². The van der Waals surface area contributed by atoms with Gasteiger partial charge in [-0.3, -0.25) is 0 Å². The van der Waals surface area contributed by atoms with Crippen molar-refractivity contribution >= 4 is 17.0 Å². The van der Waals surface area contributed by atoms with Crippen LogP contribution in [0.15, 0.2) is 65.8 Å². The molecule has 176 valence electrons. The molecule has 0 radical (unpaired) electrons. The van der Waals surface area contributed by atoms with Gasteiger partial charge in [0, 0.05) is 0 Å². The summed E-state index contributed by atoms with van der Waals surface area (Å²) in [4.78, 5) is 0. The molecule has 0 aliphatic heterocycles. The summed E-state index contributed by atoms with van der Waals surface area (Å²) in [6, 6.07) is 11.8. The van der Waals surface area contributed by atoms with Gasteiger partial charge in [0.1, 0.15) is 6.61 Å². The van der Waals surface area contributed by atoms with Crippen molar-refractivity contribution in [2.75, 3.05) is 7.11 Å². The molecule has 0 unspecified atom stereocenters. The summed E-state index contributed by atoms with van der Waals surface area (Å²) in [7, 11) is 1.32. The average Bonchev–Trinajstić information content (AvgIpc) is 2.77. The van der Waals surface area contributed by atoms with E-state index >= 15 is 0 Å². The van der Waals surface area contributed by atoms with Crippen molar-refractivity contribution in [2.24, 2.45) is 5.10 Å². The van der Waals surface area contributed by atoms with Gasteiger partial charge in [-0.25, -0.2) is 5.43 Å². The average molecular weight is 474 g/mol. The summed E-state index contributed by atoms with van der Waals surface area (Å²) in [5, 5.41) is 4.84. The Morgan fingerprint density at radius 3 is 2.27 bits per heavy atom. The monoisotopic (exact) mass is 474 g/mol. The van der Waals surface area contributed by atoms with Gasteiger partial charge < -0.3 is 9.47 Å². The zero-order valence-electron chi connectivity index (χ0n) is 17.0. The Balaban J connectivity index is 1.72. The smallest absolute Gasteiger partial charge is 0.462 e. The lowest BCUT2D eigenvalue weighted by Crippen LogP contribution is -2.58. The van der Waals surface area contributed by atoms with E-state index in [0.717, 1.165) is 16.3 Å². The van der Waals surface area contributed by atoms with Crippen LogP contribution in [0, 0.1) is 0 Å². The van der Waals surface area contributed by atoms with Gasteiger partial charge in [-0.2, -0.15) is 35.8 Å². The highest BCUT2D eigenvalue weighted by atomic mass is 19.4. The summed E-state index contributed by atoms with van der Waals surface area (Å²) >= 11 is 0. The lowest BCUT2D eigenvalue weighted by atomic mass is 10.1. The van der Waals surface area contributed by atoms with Gasteiger partial charge in [0.2, 0.25) is 0 Å². The maximum atomic E-state index is 13.2. The Morgan fingerprint density at radius 1 is 0.879 bits per heavy atom. The first kappa shape index (κ1) is 24.1. The van der Waals surface area contributed by atoms with Crippen LogP contribution in [0.5, 0.6) is 11.5 Å². The molecule has 0 atom stereocenters. The topological polar surface area (TPSA) is 42.8 Å². The number of halogens is 7. The third kappa shape index (κ3) is 5.12. The lowest BCUT2D eigenvalue weighted by molar-refractivity contribution is -0.361. The predicted molar refractivity (Wildman–Crippen MR) is 108 cm³/mol. The number of hydrogen-bond donors (Lipinski definition) is 1. The molecular weight excluding hydrogens is 457 g/mol. The van der Waals surface area contributed by atoms with E-state index in [1.165, 1.54) is 25.3 Å². The van der Waals surface area contributed by atoms with E-state index in [0.29, 0.717) is 17.4 Å². The largest absolute Gasteiger partial charge is 0.493 e. The minimum atomic E-state index is -6.45. The summed E-state index contributed by atoms with van der Waals surface area (Å²) in [5.74, 6) is -5.84. The third-order valence-electron chi connectivity index (χ3n) is 4.62. The van der Waals surface area contributed by atoms with Crippen molar-refractivity contribution in [3.8, 4) is 11.5 Å². The van der Waals surface area contributed by atoms with Crippen molar-refractivity contribution in [2.45, 2.75) is 24.8 Å². The fourth-order valence-electron chi connectivity index (χ4n) is 2.89. The minimum Gasteiger partial charge on any atom is -0.493 e. The van der Waals surface area contributed by atoms with Gasteiger partial charge >= 0.3 is 18.1 Å². The van der Waals surface area contributed by atoms with E-state index in [1.807, 2.05) is 42.5 Å². The molecule has 1 N–H and O–H groups in total. The molecule has 0 heterocycles. The summed E-state index contributed by atoms with van der Waals surface area (Å²) < 4.78 is 99.7. The highest BCUT2D eigenvalue weighted by molar-refractivity contribution is 5.85. The van der Waals surface area contributed by atoms with Crippen molar-refractivity contribution in [3.05, 3.63) is 71.8 Å². The Bertz CT molecular complexity index is 1140. The maximum absolute atomic E-state index is 13.2. The SMILES string of the molecule is COc1cc(/C=N/NC(F)(F)C(F)(F)C(F)(F)F)ccc1OCc1cccc2ccccc12. The first-order valence-electron chi connectivity index (χ1n) is 9.36. The molecule has 0 bridgehead atoms. The summed E-state index contributed by atoms with van der Waals surface area (Å²) in [6.45, 7) is 0.186. The van der Waals surface area contributed by atoms with E-state index in [4.69, 9.17) is 9.47 Å². The molecular formula is C22H17F7N2O2. The first-order valence-corrected chi connectivity index (χ1v) is 9.36. The van der Waals surface area contributed by atoms with Crippen LogP contribution >= 0.6 is 0 Å². The third-order valence-corrected chi connectivity index (χ3v) is 4.62. The number of rotatable bonds is 8. The summed E-state index contributed by atoms with van der Waals surface area (Å²) in [6.07, 6.45) is -5.80. The van der Waals surface area contributed by atoms with E-state index in [9.17, 15) is 30.7 Å². The van der Waals surface area contributed by atoms with Crippen LogP contribution in [-0.4, -0.2) is 31.5 Å². The van der Waals surface area contributed by atoms with Crippen molar-refractivity contribution < 1.29 is 40.2 Å². The van der Waals surface area contributed by atoms with E-state index in [-0.39, 0.29) is 17.9 Å². The number of alkyl halides is 7. The highest BCUT2D eigenvalue weighted by Gasteiger charge is 2.73. The lowest BCUT2D eigenvalue weighted by Gasteiger charge is -2.27. The predicted octanol–water partition coefficient (Wildman–Crippen LogP) is 6.14. The van der Waals surface area contributed by atoms with E-state index in [2.05, 4.69) is 5.10 Å². The fraction of sp³-hybridized carbons (Fsp3) is 0.227. The van der Waals surface area contributed by atoms with Gasteiger partial charge in [0.15, 0.2) is 11.5 Å². The van der Waals surface area contributed by atoms with Crippen molar-refractivity contribution in [1.29, 1.82) is 0 Å². The molecule has 0 saturated carbocycles. The van der Waals surface area contributed by atoms with Crippen LogP contribution in [0.1, 0.15) is 11.1 Å². The summed E-state index contributed by atoms with van der Waals surface area (Å²) in [5.41, 5.74) is 1.55. The molecule has 3 rings (SSSR count). The number of hydrogen-bond acceptors (Lipinski definition) is 4. The molecule has 0 aromatic heterocycles. The standard InChI is InChI=1S/C22H17F7N2O2/c1-32-19-11-14(12-30-31-22(28,29)20(23,24)21(25,26)27)9-10-18(19)33-13-16-7-4-6-15-5-2-3-8-17(15)16/h2-12,31H,13H2,1H3/b30-12+. The number of nitrogens with one attached hydrogen (secondary N) is 1. The van der Waals surface area contributed by atoms with Crippen LogP contribution in [0.3, 0.4) is 0 Å². The quantitative estimate of drug-likeness (QED) is 0.185. The number of ether oxygens (including phenoxy) is 2. The first-order chi connectivity index (χ1) is 15.5. The van der Waals surface area contributed by atoms with E-state index < -0.39 is 18.1 Å². The Kier molecular flexibility index (Phi) is 6.71. The van der Waals surface area contributed by atoms with Crippen LogP contribution < -0.4 is 14.9 Å². The normalized spacial score (nSPS) is 12.8. The maximum Gasteiger partial charge on any atom is 0.462 e. The Morgan fingerprint density at radius 2 is 1.58 bits per heavy atom. The number of nitrogens with zero attached hydrogens (tertiary/aromatic N) is 1. The Labute approximate surface area is 183 Å². The van der Waals surface area contributed by atoms with Crippen molar-refractivity contribution in [3.63, 3.8) is 0 Å². The zero-order valence-corrected chi connectivity index (χ0v) is 17.0. The molecule has 33 heavy (non-hydrogen) atoms. The number of benzene rings is 3. The molecule has 0 fully saturated rings. The minimum absolute atomic E-state index is 0.0861. The molecule has 3 aromatic carbocycles. The molecule has 0 spiro atoms. The number of methoxy groups -OCH3 is 1.